The van der Waals surface area contributed by atoms with Crippen molar-refractivity contribution in [1.82, 2.24) is 14.9 Å². The lowest BCUT2D eigenvalue weighted by molar-refractivity contribution is 0.0630. The summed E-state index contributed by atoms with van der Waals surface area (Å²) in [6.45, 7) is 0.315. The summed E-state index contributed by atoms with van der Waals surface area (Å²) in [5.74, 6) is -0.165. The third-order valence-corrected chi connectivity index (χ3v) is 4.49. The van der Waals surface area contributed by atoms with Gasteiger partial charge in [-0.05, 0) is 30.3 Å². The van der Waals surface area contributed by atoms with Gasteiger partial charge in [-0.2, -0.15) is 0 Å². The van der Waals surface area contributed by atoms with Gasteiger partial charge in [-0.15, -0.1) is 0 Å². The van der Waals surface area contributed by atoms with Crippen LogP contribution in [0.25, 0.3) is 10.9 Å². The van der Waals surface area contributed by atoms with Crippen LogP contribution in [0.3, 0.4) is 0 Å². The highest BCUT2D eigenvalue weighted by Gasteiger charge is 2.34. The Morgan fingerprint density at radius 1 is 1.00 bits per heavy atom. The molecule has 0 spiro atoms. The molecule has 0 atom stereocenters. The molecule has 0 radical (unpaired) electrons. The fourth-order valence-electron chi connectivity index (χ4n) is 2.80. The minimum atomic E-state index is -0.292. The van der Waals surface area contributed by atoms with Gasteiger partial charge in [0, 0.05) is 4.47 Å². The number of halogens is 1. The normalized spacial score (nSPS) is 13.4. The summed E-state index contributed by atoms with van der Waals surface area (Å²) in [6, 6.07) is 12.4. The van der Waals surface area contributed by atoms with E-state index in [1.165, 1.54) is 11.2 Å². The molecule has 0 fully saturated rings. The molecule has 2 aromatic carbocycles. The van der Waals surface area contributed by atoms with Crippen molar-refractivity contribution in [3.63, 3.8) is 0 Å². The number of ether oxygens (including phenoxy) is 1. The predicted molar refractivity (Wildman–Crippen MR) is 94.5 cm³/mol. The predicted octanol–water partition coefficient (Wildman–Crippen LogP) is 3.07. The van der Waals surface area contributed by atoms with Crippen molar-refractivity contribution >= 4 is 38.6 Å². The number of fused-ring (bicyclic) bond motifs is 2. The lowest BCUT2D eigenvalue weighted by Gasteiger charge is -2.14. The van der Waals surface area contributed by atoms with Crippen LogP contribution in [0.2, 0.25) is 0 Å². The zero-order valence-electron chi connectivity index (χ0n) is 13.0. The lowest BCUT2D eigenvalue weighted by atomic mass is 10.1. The summed E-state index contributed by atoms with van der Waals surface area (Å²) < 4.78 is 6.60. The Kier molecular flexibility index (Phi) is 3.93. The molecular weight excluding hydrogens is 386 g/mol. The smallest absolute Gasteiger partial charge is 0.261 e. The van der Waals surface area contributed by atoms with Crippen molar-refractivity contribution in [3.05, 3.63) is 64.4 Å². The van der Waals surface area contributed by atoms with Gasteiger partial charge in [0.05, 0.1) is 28.6 Å². The van der Waals surface area contributed by atoms with E-state index in [1.807, 2.05) is 18.2 Å². The molecule has 124 valence electrons. The van der Waals surface area contributed by atoms with E-state index in [-0.39, 0.29) is 25.0 Å². The van der Waals surface area contributed by atoms with Crippen molar-refractivity contribution in [2.75, 3.05) is 13.2 Å². The molecule has 1 aromatic heterocycles. The largest absolute Gasteiger partial charge is 0.475 e. The number of carbonyl (C=O) groups excluding carboxylic acids is 2. The monoisotopic (exact) mass is 397 g/mol. The molecule has 0 N–H and O–H groups in total. The van der Waals surface area contributed by atoms with E-state index in [4.69, 9.17) is 4.74 Å². The summed E-state index contributed by atoms with van der Waals surface area (Å²) in [5.41, 5.74) is 1.63. The van der Waals surface area contributed by atoms with Crippen LogP contribution in [0, 0.1) is 0 Å². The Bertz CT molecular complexity index is 971. The number of rotatable bonds is 4. The van der Waals surface area contributed by atoms with Gasteiger partial charge in [-0.1, -0.05) is 28.1 Å². The van der Waals surface area contributed by atoms with E-state index < -0.39 is 0 Å². The van der Waals surface area contributed by atoms with E-state index >= 15 is 0 Å². The summed E-state index contributed by atoms with van der Waals surface area (Å²) in [5, 5.41) is 0.763. The van der Waals surface area contributed by atoms with Crippen LogP contribution in [0.15, 0.2) is 53.3 Å². The highest BCUT2D eigenvalue weighted by Crippen LogP contribution is 2.25. The Hall–Kier alpha value is -2.80. The van der Waals surface area contributed by atoms with Crippen molar-refractivity contribution in [3.8, 4) is 5.88 Å². The average molecular weight is 398 g/mol. The molecule has 25 heavy (non-hydrogen) atoms. The highest BCUT2D eigenvalue weighted by molar-refractivity contribution is 9.10. The molecule has 0 unspecified atom stereocenters. The zero-order chi connectivity index (χ0) is 17.4. The first kappa shape index (κ1) is 15.7. The highest BCUT2D eigenvalue weighted by atomic mass is 79.9. The molecular formula is C18H12BrN3O3. The van der Waals surface area contributed by atoms with Crippen molar-refractivity contribution in [2.24, 2.45) is 0 Å². The van der Waals surface area contributed by atoms with Crippen LogP contribution in [-0.4, -0.2) is 39.8 Å². The summed E-state index contributed by atoms with van der Waals surface area (Å²) in [6.07, 6.45) is 1.42. The SMILES string of the molecule is O=C1c2ccccc2C(=O)N1CCOc1ncnc2ccc(Br)cc12. The lowest BCUT2D eigenvalue weighted by Crippen LogP contribution is -2.33. The van der Waals surface area contributed by atoms with E-state index in [0.29, 0.717) is 17.0 Å². The molecule has 0 bridgehead atoms. The topological polar surface area (TPSA) is 72.4 Å². The third-order valence-electron chi connectivity index (χ3n) is 3.99. The molecule has 2 amide bonds. The number of imide groups is 1. The second-order valence-corrected chi connectivity index (χ2v) is 6.41. The van der Waals surface area contributed by atoms with Crippen LogP contribution in [0.4, 0.5) is 0 Å². The van der Waals surface area contributed by atoms with Crippen LogP contribution >= 0.6 is 15.9 Å². The van der Waals surface area contributed by atoms with Crippen LogP contribution in [0.5, 0.6) is 5.88 Å². The van der Waals surface area contributed by atoms with E-state index in [9.17, 15) is 9.59 Å². The maximum absolute atomic E-state index is 12.3. The number of amides is 2. The number of nitrogens with zero attached hydrogens (tertiary/aromatic N) is 3. The van der Waals surface area contributed by atoms with Gasteiger partial charge >= 0.3 is 0 Å². The van der Waals surface area contributed by atoms with E-state index in [1.54, 1.807) is 24.3 Å². The van der Waals surface area contributed by atoms with E-state index in [0.717, 1.165) is 15.4 Å². The molecule has 0 saturated heterocycles. The van der Waals surface area contributed by atoms with Crippen LogP contribution in [0.1, 0.15) is 20.7 Å². The molecule has 0 aliphatic carbocycles. The first-order valence-corrected chi connectivity index (χ1v) is 8.43. The van der Waals surface area contributed by atoms with Gasteiger partial charge in [0.2, 0.25) is 5.88 Å². The molecule has 4 rings (SSSR count). The van der Waals surface area contributed by atoms with E-state index in [2.05, 4.69) is 25.9 Å². The second-order valence-electron chi connectivity index (χ2n) is 5.50. The first-order valence-electron chi connectivity index (χ1n) is 7.63. The maximum Gasteiger partial charge on any atom is 0.261 e. The zero-order valence-corrected chi connectivity index (χ0v) is 14.6. The summed E-state index contributed by atoms with van der Waals surface area (Å²) >= 11 is 3.41. The molecule has 1 aliphatic heterocycles. The third kappa shape index (κ3) is 2.76. The number of hydrogen-bond donors (Lipinski definition) is 0. The van der Waals surface area contributed by atoms with Gasteiger partial charge in [0.25, 0.3) is 11.8 Å². The number of benzene rings is 2. The van der Waals surface area contributed by atoms with Gasteiger partial charge in [-0.3, -0.25) is 14.5 Å². The Labute approximate surface area is 151 Å². The molecule has 3 aromatic rings. The van der Waals surface area contributed by atoms with Crippen LogP contribution in [-0.2, 0) is 0 Å². The van der Waals surface area contributed by atoms with Crippen molar-refractivity contribution in [1.29, 1.82) is 0 Å². The molecule has 2 heterocycles. The molecule has 1 aliphatic rings. The standard InChI is InChI=1S/C18H12BrN3O3/c19-11-5-6-15-14(9-11)16(21-10-20-15)25-8-7-22-17(23)12-3-1-2-4-13(12)18(22)24/h1-6,9-10H,7-8H2. The Balaban J connectivity index is 1.50. The fraction of sp³-hybridized carbons (Fsp3) is 0.111. The first-order chi connectivity index (χ1) is 12.1. The van der Waals surface area contributed by atoms with Gasteiger partial charge in [0.15, 0.2) is 0 Å². The summed E-state index contributed by atoms with van der Waals surface area (Å²) in [7, 11) is 0. The molecule has 0 saturated carbocycles. The van der Waals surface area contributed by atoms with Gasteiger partial charge in [0.1, 0.15) is 12.9 Å². The van der Waals surface area contributed by atoms with Crippen molar-refractivity contribution in [2.45, 2.75) is 0 Å². The summed E-state index contributed by atoms with van der Waals surface area (Å²) in [4.78, 5) is 34.2. The Morgan fingerprint density at radius 2 is 1.72 bits per heavy atom. The minimum Gasteiger partial charge on any atom is -0.475 e. The van der Waals surface area contributed by atoms with Crippen molar-refractivity contribution < 1.29 is 14.3 Å². The second kappa shape index (κ2) is 6.25. The fourth-order valence-corrected chi connectivity index (χ4v) is 3.16. The van der Waals surface area contributed by atoms with Gasteiger partial charge < -0.3 is 4.74 Å². The quantitative estimate of drug-likeness (QED) is 0.632. The Morgan fingerprint density at radius 3 is 2.44 bits per heavy atom. The number of hydrogen-bond acceptors (Lipinski definition) is 5. The number of carbonyl (C=O) groups is 2. The molecule has 7 heteroatoms. The average Bonchev–Trinajstić information content (AvgIpc) is 2.87. The van der Waals surface area contributed by atoms with Crippen LogP contribution < -0.4 is 4.74 Å². The number of aromatic nitrogens is 2. The maximum atomic E-state index is 12.3. The molecule has 6 nitrogen and oxygen atoms in total. The van der Waals surface area contributed by atoms with Gasteiger partial charge in [-0.25, -0.2) is 9.97 Å². The minimum absolute atomic E-state index is 0.157.